The maximum Gasteiger partial charge on any atom is 0.0700 e. The van der Waals surface area contributed by atoms with Crippen molar-refractivity contribution in [3.63, 3.8) is 0 Å². The van der Waals surface area contributed by atoms with Crippen molar-refractivity contribution >= 4 is 0 Å². The summed E-state index contributed by atoms with van der Waals surface area (Å²) in [5, 5.41) is 8.26. The van der Waals surface area contributed by atoms with Crippen LogP contribution in [0.5, 0.6) is 0 Å². The van der Waals surface area contributed by atoms with Gasteiger partial charge in [0.15, 0.2) is 0 Å². The number of aromatic nitrogens is 2. The Morgan fingerprint density at radius 2 is 2.06 bits per heavy atom. The summed E-state index contributed by atoms with van der Waals surface area (Å²) in [6.07, 6.45) is 2.54. The van der Waals surface area contributed by atoms with Crippen LogP contribution in [0.1, 0.15) is 56.5 Å². The molecule has 0 aromatic carbocycles. The van der Waals surface area contributed by atoms with Crippen molar-refractivity contribution in [3.8, 4) is 0 Å². The lowest BCUT2D eigenvalue weighted by Crippen LogP contribution is -2.29. The summed E-state index contributed by atoms with van der Waals surface area (Å²) < 4.78 is 2.08. The van der Waals surface area contributed by atoms with Gasteiger partial charge in [0.25, 0.3) is 0 Å². The Morgan fingerprint density at radius 3 is 2.53 bits per heavy atom. The zero-order chi connectivity index (χ0) is 12.6. The molecule has 2 rings (SSSR count). The highest BCUT2D eigenvalue weighted by Crippen LogP contribution is 2.32. The summed E-state index contributed by atoms with van der Waals surface area (Å²) in [6, 6.07) is 0. The van der Waals surface area contributed by atoms with Crippen molar-refractivity contribution in [1.82, 2.24) is 15.1 Å². The van der Waals surface area contributed by atoms with E-state index < -0.39 is 0 Å². The van der Waals surface area contributed by atoms with Crippen LogP contribution >= 0.6 is 0 Å². The highest BCUT2D eigenvalue weighted by Gasteiger charge is 2.27. The molecule has 0 aliphatic carbocycles. The first-order valence-electron chi connectivity index (χ1n) is 6.66. The van der Waals surface area contributed by atoms with Crippen LogP contribution in [0.4, 0.5) is 0 Å². The van der Waals surface area contributed by atoms with Crippen LogP contribution in [0.15, 0.2) is 0 Å². The third-order valence-electron chi connectivity index (χ3n) is 3.71. The molecule has 96 valence electrons. The number of rotatable bonds is 1. The van der Waals surface area contributed by atoms with E-state index in [0.29, 0.717) is 5.92 Å². The molecule has 1 fully saturated rings. The molecule has 17 heavy (non-hydrogen) atoms. The molecule has 0 amide bonds. The number of nitrogens with one attached hydrogen (secondary N) is 1. The topological polar surface area (TPSA) is 29.9 Å². The maximum atomic E-state index is 4.78. The second kappa shape index (κ2) is 4.45. The predicted octanol–water partition coefficient (Wildman–Crippen LogP) is 2.49. The summed E-state index contributed by atoms with van der Waals surface area (Å²) in [7, 11) is 2.08. The molecule has 1 atom stereocenters. The third-order valence-corrected chi connectivity index (χ3v) is 3.71. The molecule has 1 aromatic heterocycles. The van der Waals surface area contributed by atoms with Gasteiger partial charge in [0.2, 0.25) is 0 Å². The summed E-state index contributed by atoms with van der Waals surface area (Å²) >= 11 is 0. The molecule has 1 N–H and O–H groups in total. The van der Waals surface area contributed by atoms with Gasteiger partial charge < -0.3 is 5.32 Å². The van der Waals surface area contributed by atoms with E-state index in [-0.39, 0.29) is 5.41 Å². The van der Waals surface area contributed by atoms with E-state index in [4.69, 9.17) is 5.10 Å². The molecule has 3 nitrogen and oxygen atoms in total. The van der Waals surface area contributed by atoms with Crippen molar-refractivity contribution in [2.75, 3.05) is 13.1 Å². The molecule has 0 bridgehead atoms. The zero-order valence-electron chi connectivity index (χ0n) is 11.8. The molecule has 0 saturated carbocycles. The minimum atomic E-state index is 0.173. The van der Waals surface area contributed by atoms with Gasteiger partial charge in [-0.3, -0.25) is 4.68 Å². The fourth-order valence-electron chi connectivity index (χ4n) is 3.17. The SMILES string of the molecule is Cc1c(C2CCCNC2)nn(C)c1C(C)(C)C. The Balaban J connectivity index is 2.36. The molecule has 3 heteroatoms. The highest BCUT2D eigenvalue weighted by atomic mass is 15.3. The van der Waals surface area contributed by atoms with Crippen LogP contribution in [0, 0.1) is 6.92 Å². The Morgan fingerprint density at radius 1 is 1.35 bits per heavy atom. The average Bonchev–Trinajstić information content (AvgIpc) is 2.54. The fraction of sp³-hybridized carbons (Fsp3) is 0.786. The number of nitrogens with zero attached hydrogens (tertiary/aromatic N) is 2. The predicted molar refractivity (Wildman–Crippen MR) is 71.5 cm³/mol. The minimum Gasteiger partial charge on any atom is -0.316 e. The minimum absolute atomic E-state index is 0.173. The van der Waals surface area contributed by atoms with E-state index in [1.54, 1.807) is 0 Å². The summed E-state index contributed by atoms with van der Waals surface area (Å²) in [5.41, 5.74) is 4.25. The lowest BCUT2D eigenvalue weighted by Gasteiger charge is -2.23. The van der Waals surface area contributed by atoms with Crippen LogP contribution in [0.3, 0.4) is 0 Å². The molecule has 1 unspecified atom stereocenters. The largest absolute Gasteiger partial charge is 0.316 e. The first-order valence-corrected chi connectivity index (χ1v) is 6.66. The second-order valence-corrected chi connectivity index (χ2v) is 6.28. The Labute approximate surface area is 105 Å². The number of aryl methyl sites for hydroxylation is 1. The lowest BCUT2D eigenvalue weighted by atomic mass is 9.86. The van der Waals surface area contributed by atoms with Crippen molar-refractivity contribution in [1.29, 1.82) is 0 Å². The van der Waals surface area contributed by atoms with E-state index >= 15 is 0 Å². The van der Waals surface area contributed by atoms with Crippen molar-refractivity contribution in [3.05, 3.63) is 17.0 Å². The van der Waals surface area contributed by atoms with Crippen LogP contribution in [0.2, 0.25) is 0 Å². The molecule has 2 heterocycles. The van der Waals surface area contributed by atoms with Gasteiger partial charge in [-0.2, -0.15) is 5.10 Å². The number of hydrogen-bond acceptors (Lipinski definition) is 2. The molecule has 1 aliphatic heterocycles. The van der Waals surface area contributed by atoms with Gasteiger partial charge in [-0.25, -0.2) is 0 Å². The van der Waals surface area contributed by atoms with Crippen molar-refractivity contribution in [2.24, 2.45) is 7.05 Å². The van der Waals surface area contributed by atoms with Crippen LogP contribution < -0.4 is 5.32 Å². The maximum absolute atomic E-state index is 4.78. The second-order valence-electron chi connectivity index (χ2n) is 6.28. The lowest BCUT2D eigenvalue weighted by molar-refractivity contribution is 0.450. The monoisotopic (exact) mass is 235 g/mol. The Kier molecular flexibility index (Phi) is 3.30. The molecule has 1 saturated heterocycles. The van der Waals surface area contributed by atoms with E-state index in [1.165, 1.54) is 29.8 Å². The van der Waals surface area contributed by atoms with E-state index in [1.807, 2.05) is 0 Å². The first kappa shape index (κ1) is 12.6. The molecular formula is C14H25N3. The molecule has 0 spiro atoms. The molecule has 1 aromatic rings. The fourth-order valence-corrected chi connectivity index (χ4v) is 3.17. The Hall–Kier alpha value is -0.830. The van der Waals surface area contributed by atoms with Gasteiger partial charge >= 0.3 is 0 Å². The zero-order valence-corrected chi connectivity index (χ0v) is 11.8. The first-order chi connectivity index (χ1) is 7.91. The summed E-state index contributed by atoms with van der Waals surface area (Å²) in [4.78, 5) is 0. The number of hydrogen-bond donors (Lipinski definition) is 1. The summed E-state index contributed by atoms with van der Waals surface area (Å²) in [5.74, 6) is 0.603. The van der Waals surface area contributed by atoms with Crippen molar-refractivity contribution < 1.29 is 0 Å². The van der Waals surface area contributed by atoms with Gasteiger partial charge in [-0.05, 0) is 31.9 Å². The van der Waals surface area contributed by atoms with Gasteiger partial charge in [0, 0.05) is 30.6 Å². The highest BCUT2D eigenvalue weighted by molar-refractivity contribution is 5.32. The van der Waals surface area contributed by atoms with E-state index in [2.05, 4.69) is 44.7 Å². The van der Waals surface area contributed by atoms with Crippen LogP contribution in [-0.2, 0) is 12.5 Å². The molecular weight excluding hydrogens is 210 g/mol. The molecule has 0 radical (unpaired) electrons. The standard InChI is InChI=1S/C14H25N3/c1-10-12(11-7-6-8-15-9-11)16-17(5)13(10)14(2,3)4/h11,15H,6-9H2,1-5H3. The van der Waals surface area contributed by atoms with Gasteiger partial charge in [-0.1, -0.05) is 20.8 Å². The Bertz CT molecular complexity index is 392. The van der Waals surface area contributed by atoms with Crippen LogP contribution in [-0.4, -0.2) is 22.9 Å². The van der Waals surface area contributed by atoms with E-state index in [0.717, 1.165) is 13.1 Å². The third kappa shape index (κ3) is 2.39. The smallest absolute Gasteiger partial charge is 0.0700 e. The van der Waals surface area contributed by atoms with Crippen molar-refractivity contribution in [2.45, 2.75) is 51.9 Å². The normalized spacial score (nSPS) is 21.8. The molecule has 1 aliphatic rings. The van der Waals surface area contributed by atoms with Gasteiger partial charge in [0.1, 0.15) is 0 Å². The summed E-state index contributed by atoms with van der Waals surface area (Å²) in [6.45, 7) is 11.3. The van der Waals surface area contributed by atoms with Crippen LogP contribution in [0.25, 0.3) is 0 Å². The van der Waals surface area contributed by atoms with Gasteiger partial charge in [0.05, 0.1) is 5.69 Å². The van der Waals surface area contributed by atoms with Gasteiger partial charge in [-0.15, -0.1) is 0 Å². The van der Waals surface area contributed by atoms with E-state index in [9.17, 15) is 0 Å². The quantitative estimate of drug-likeness (QED) is 0.810. The average molecular weight is 235 g/mol. The number of piperidine rings is 1.